The zero-order valence-corrected chi connectivity index (χ0v) is 50.2. The van der Waals surface area contributed by atoms with Gasteiger partial charge in [-0.3, -0.25) is 9.78 Å². The molecule has 2 fully saturated rings. The second kappa shape index (κ2) is 49.6. The van der Waals surface area contributed by atoms with Gasteiger partial charge in [0.25, 0.3) is 0 Å². The second-order valence-corrected chi connectivity index (χ2v) is 24.0. The summed E-state index contributed by atoms with van der Waals surface area (Å²) in [6.45, 7) is 42.8. The third kappa shape index (κ3) is 54.6. The number of pyridine rings is 1. The van der Waals surface area contributed by atoms with E-state index in [9.17, 15) is 9.59 Å². The number of aromatic nitrogens is 1. The predicted octanol–water partition coefficient (Wildman–Crippen LogP) is 19.5. The lowest BCUT2D eigenvalue weighted by molar-refractivity contribution is -0.119. The fraction of sp³-hybridized carbons (Fsp3) is 0.726. The molecule has 0 saturated carbocycles. The van der Waals surface area contributed by atoms with Crippen LogP contribution in [0.25, 0.3) is 0 Å². The van der Waals surface area contributed by atoms with Crippen molar-refractivity contribution in [3.63, 3.8) is 0 Å². The van der Waals surface area contributed by atoms with Gasteiger partial charge in [0.05, 0.1) is 0 Å². The highest BCUT2D eigenvalue weighted by atomic mass is 79.9. The summed E-state index contributed by atoms with van der Waals surface area (Å²) in [5.74, 6) is 9.15. The van der Waals surface area contributed by atoms with E-state index in [1.807, 2.05) is 24.4 Å². The zero-order chi connectivity index (χ0) is 52.9. The number of nitrogens with one attached hydrogen (secondary N) is 1. The van der Waals surface area contributed by atoms with Crippen molar-refractivity contribution in [1.29, 1.82) is 0 Å². The van der Waals surface area contributed by atoms with Crippen molar-refractivity contribution in [3.8, 4) is 12.3 Å². The third-order valence-electron chi connectivity index (χ3n) is 10.8. The third-order valence-corrected chi connectivity index (χ3v) is 13.0. The minimum Gasteiger partial charge on any atom is -0.352 e. The second-order valence-electron chi connectivity index (χ2n) is 21.7. The van der Waals surface area contributed by atoms with E-state index in [0.717, 1.165) is 66.4 Å². The lowest BCUT2D eigenvalue weighted by Crippen LogP contribution is -2.27. The van der Waals surface area contributed by atoms with E-state index >= 15 is 0 Å². The molecule has 2 aliphatic rings. The Kier molecular flexibility index (Phi) is 52.7. The molecule has 394 valence electrons. The number of ketones is 1. The highest BCUT2D eigenvalue weighted by Gasteiger charge is 2.41. The maximum absolute atomic E-state index is 11.1. The first-order valence-corrected chi connectivity index (χ1v) is 29.0. The number of hydrogen-bond donors (Lipinski definition) is 1. The number of hydrogen-bond acceptors (Lipinski definition) is 4. The fourth-order valence-corrected chi connectivity index (χ4v) is 8.45. The van der Waals surface area contributed by atoms with Crippen molar-refractivity contribution in [3.05, 3.63) is 78.6 Å². The van der Waals surface area contributed by atoms with Crippen LogP contribution in [0.2, 0.25) is 0 Å². The summed E-state index contributed by atoms with van der Waals surface area (Å²) in [5.41, 5.74) is 2.72. The highest BCUT2D eigenvalue weighted by molar-refractivity contribution is 9.09. The number of carbonyl (C=O) groups is 2. The molecule has 3 atom stereocenters. The van der Waals surface area contributed by atoms with Crippen LogP contribution in [-0.2, 0) is 9.59 Å². The number of rotatable bonds is 19. The van der Waals surface area contributed by atoms with Gasteiger partial charge < -0.3 is 10.1 Å². The molecule has 4 rings (SSSR count). The van der Waals surface area contributed by atoms with Crippen molar-refractivity contribution in [1.82, 2.24) is 10.3 Å². The number of terminal acetylenes is 1. The smallest absolute Gasteiger partial charge is 0.221 e. The normalized spacial score (nSPS) is 15.3. The van der Waals surface area contributed by atoms with E-state index in [4.69, 9.17) is 6.42 Å². The van der Waals surface area contributed by atoms with Gasteiger partial charge in [-0.25, -0.2) is 0 Å². The number of thioether (sulfide) groups is 1. The Morgan fingerprint density at radius 2 is 1.28 bits per heavy atom. The largest absolute Gasteiger partial charge is 0.352 e. The molecule has 2 aromatic rings. The van der Waals surface area contributed by atoms with Crippen molar-refractivity contribution in [2.24, 2.45) is 35.5 Å². The molecule has 0 bridgehead atoms. The zero-order valence-electron chi connectivity index (χ0n) is 47.8. The van der Waals surface area contributed by atoms with Crippen LogP contribution in [0, 0.1) is 47.9 Å². The number of amides is 1. The van der Waals surface area contributed by atoms with Gasteiger partial charge in [0, 0.05) is 53.5 Å². The molecule has 0 radical (unpaired) electrons. The number of carbonyl (C=O) groups excluding carboxylic acids is 2. The molecule has 2 saturated heterocycles. The van der Waals surface area contributed by atoms with Crippen LogP contribution in [0.15, 0.2) is 67.5 Å². The summed E-state index contributed by atoms with van der Waals surface area (Å²) in [6, 6.07) is 15.1. The Morgan fingerprint density at radius 1 is 0.765 bits per heavy atom. The van der Waals surface area contributed by atoms with Gasteiger partial charge in [-0.05, 0) is 110 Å². The van der Waals surface area contributed by atoms with Gasteiger partial charge >= 0.3 is 0 Å². The van der Waals surface area contributed by atoms with Crippen LogP contribution in [0.5, 0.6) is 0 Å². The molecule has 1 unspecified atom stereocenters. The van der Waals surface area contributed by atoms with Gasteiger partial charge in [0.1, 0.15) is 5.78 Å². The molecule has 68 heavy (non-hydrogen) atoms. The van der Waals surface area contributed by atoms with E-state index in [1.54, 1.807) is 13.1 Å². The van der Waals surface area contributed by atoms with Gasteiger partial charge in [-0.15, -0.1) is 18.9 Å². The number of fused-ring (bicyclic) bond motifs is 1. The van der Waals surface area contributed by atoms with Gasteiger partial charge in [0.15, 0.2) is 0 Å². The van der Waals surface area contributed by atoms with Gasteiger partial charge in [-0.2, -0.15) is 11.8 Å². The molecular weight excluding hydrogens is 917 g/mol. The molecule has 1 N–H and O–H groups in total. The molecule has 1 aromatic heterocycles. The average molecular weight is 1030 g/mol. The lowest BCUT2D eigenvalue weighted by atomic mass is 10.0. The number of unbranched alkanes of at least 4 members (excludes halogenated alkanes) is 1. The number of allylic oxidation sites excluding steroid dienone is 1. The summed E-state index contributed by atoms with van der Waals surface area (Å²) >= 11 is 5.43. The summed E-state index contributed by atoms with van der Waals surface area (Å²) in [5, 5.41) is 5.63. The molecule has 0 aliphatic carbocycles. The number of alkyl halides is 1. The molecule has 4 nitrogen and oxygen atoms in total. The minimum absolute atomic E-state index is 0.262. The van der Waals surface area contributed by atoms with Crippen LogP contribution in [0.3, 0.4) is 0 Å². The summed E-state index contributed by atoms with van der Waals surface area (Å²) in [4.78, 5) is 25.5. The number of nitrogens with zero attached hydrogens (tertiary/aromatic N) is 1. The first kappa shape index (κ1) is 72.2. The molecule has 2 aliphatic heterocycles. The lowest BCUT2D eigenvalue weighted by Gasteiger charge is -2.11. The van der Waals surface area contributed by atoms with Crippen LogP contribution in [0.4, 0.5) is 0 Å². The van der Waals surface area contributed by atoms with Crippen molar-refractivity contribution < 1.29 is 9.59 Å². The summed E-state index contributed by atoms with van der Waals surface area (Å²) < 4.78 is 0. The van der Waals surface area contributed by atoms with Gasteiger partial charge in [0.2, 0.25) is 5.91 Å². The SMILES string of the molecule is C#CCC(C)C.C=CCCC(C)C.CC(=O)CCC(C)C.CC(C)CCCBr.CC(C)CCCC1C[C@H]2NC(=O)C[C@H]2S1.CC(C)c1ccccc1.CC(C)c1cccnc1.CCCCC(C)C. The van der Waals surface area contributed by atoms with Gasteiger partial charge in [-0.1, -0.05) is 215 Å². The Morgan fingerprint density at radius 3 is 1.57 bits per heavy atom. The maximum atomic E-state index is 11.1. The van der Waals surface area contributed by atoms with E-state index in [1.165, 1.54) is 75.3 Å². The van der Waals surface area contributed by atoms with Crippen molar-refractivity contribution in [2.45, 2.75) is 249 Å². The Balaban J connectivity index is -0.000000352. The van der Waals surface area contributed by atoms with Crippen molar-refractivity contribution >= 4 is 39.4 Å². The average Bonchev–Trinajstić information content (AvgIpc) is 3.82. The van der Waals surface area contributed by atoms with Crippen LogP contribution < -0.4 is 5.32 Å². The first-order valence-electron chi connectivity index (χ1n) is 27.0. The van der Waals surface area contributed by atoms with E-state index in [0.29, 0.717) is 40.7 Å². The van der Waals surface area contributed by atoms with E-state index < -0.39 is 0 Å². The Bertz CT molecular complexity index is 1360. The quantitative estimate of drug-likeness (QED) is 0.0865. The molecule has 0 spiro atoms. The highest BCUT2D eigenvalue weighted by Crippen LogP contribution is 2.41. The van der Waals surface area contributed by atoms with Crippen LogP contribution in [-0.4, -0.2) is 38.5 Å². The molecule has 1 amide bonds. The maximum Gasteiger partial charge on any atom is 0.221 e. The predicted molar refractivity (Wildman–Crippen MR) is 313 cm³/mol. The van der Waals surface area contributed by atoms with Crippen LogP contribution in [0.1, 0.15) is 244 Å². The first-order chi connectivity index (χ1) is 32.0. The minimum atomic E-state index is 0.262. The monoisotopic (exact) mass is 1030 g/mol. The summed E-state index contributed by atoms with van der Waals surface area (Å²) in [6.07, 6.45) is 28.6. The Hall–Kier alpha value is -2.36. The fourth-order valence-electron chi connectivity index (χ4n) is 6.39. The van der Waals surface area contributed by atoms with Crippen molar-refractivity contribution in [2.75, 3.05) is 5.33 Å². The molecule has 6 heteroatoms. The molecule has 1 aromatic carbocycles. The molecular formula is C62H111BrN2O2S. The molecule has 3 heterocycles. The van der Waals surface area contributed by atoms with E-state index in [-0.39, 0.29) is 5.91 Å². The Labute approximate surface area is 438 Å². The topological polar surface area (TPSA) is 59.1 Å². The summed E-state index contributed by atoms with van der Waals surface area (Å²) in [7, 11) is 0. The number of Topliss-reactive ketones (excluding diaryl/α,β-unsaturated/α-hetero) is 1. The number of benzene rings is 1. The standard InChI is InChI=1S/C12H21NOS.C9H12.C8H11N.C7H14O.C7H16.C7H14.C6H13Br.C6H10/c1-8(2)4-3-5-9-6-10-11(15-9)7-12(14)13-10;1-8(2)9-6-4-3-5-7-9;1-7(2)8-4-3-5-9-6-8;1-6(2)4-5-7(3)8;2*1-4-5-6-7(2)3;1-6(2)4-3-5-7;1-4-5-6(2)3/h8-11H,3-7H2,1-2H3,(H,13,14);3-8H,1-2H3;3-7H,1-2H3;6H,4-5H2,1-3H3;7H,4-6H2,1-3H3;4,7H,1,5-6H2,2-3H3;6H,3-5H2,1-2H3;1,6H,5H2,2-3H3/t9?,10-,11-;;;;;;;/m1......./s1. The van der Waals surface area contributed by atoms with Crippen LogP contribution >= 0.6 is 27.7 Å². The van der Waals surface area contributed by atoms with E-state index in [2.05, 4.69) is 199 Å². The number of halogens is 1.